The highest BCUT2D eigenvalue weighted by atomic mass is 32.1. The molecule has 2 rings (SSSR count). The van der Waals surface area contributed by atoms with E-state index < -0.39 is 0 Å². The van der Waals surface area contributed by atoms with E-state index in [2.05, 4.69) is 24.9 Å². The third-order valence-corrected chi connectivity index (χ3v) is 4.91. The van der Waals surface area contributed by atoms with E-state index in [1.54, 1.807) is 16.2 Å². The first-order chi connectivity index (χ1) is 12.4. The van der Waals surface area contributed by atoms with Crippen LogP contribution in [0.3, 0.4) is 0 Å². The van der Waals surface area contributed by atoms with Crippen molar-refractivity contribution in [3.8, 4) is 5.75 Å². The molecule has 0 saturated heterocycles. The Morgan fingerprint density at radius 1 is 1.23 bits per heavy atom. The van der Waals surface area contributed by atoms with E-state index in [1.165, 1.54) is 12.7 Å². The first kappa shape index (κ1) is 20.4. The van der Waals surface area contributed by atoms with Gasteiger partial charge in [0.1, 0.15) is 24.0 Å². The van der Waals surface area contributed by atoms with Crippen molar-refractivity contribution in [3.63, 3.8) is 0 Å². The summed E-state index contributed by atoms with van der Waals surface area (Å²) in [5, 5.41) is 2.89. The van der Waals surface area contributed by atoms with Gasteiger partial charge < -0.3 is 14.4 Å². The second kappa shape index (κ2) is 9.69. The molecule has 0 bridgehead atoms. The van der Waals surface area contributed by atoms with Gasteiger partial charge in [0.25, 0.3) is 0 Å². The summed E-state index contributed by atoms with van der Waals surface area (Å²) >= 11 is 1.56. The molecule has 0 spiro atoms. The molecular weight excluding hydrogens is 348 g/mol. The highest BCUT2D eigenvalue weighted by molar-refractivity contribution is 7.09. The number of thiazole rings is 1. The summed E-state index contributed by atoms with van der Waals surface area (Å²) < 4.78 is 11.0. The number of para-hydroxylation sites is 1. The van der Waals surface area contributed by atoms with Crippen LogP contribution in [0.1, 0.15) is 49.9 Å². The molecule has 0 aliphatic heterocycles. The summed E-state index contributed by atoms with van der Waals surface area (Å²) in [6, 6.07) is 8.19. The van der Waals surface area contributed by atoms with Gasteiger partial charge in [-0.1, -0.05) is 32.0 Å². The zero-order valence-corrected chi connectivity index (χ0v) is 17.0. The van der Waals surface area contributed by atoms with Crippen molar-refractivity contribution in [1.82, 2.24) is 9.88 Å². The molecule has 2 aromatic rings. The molecule has 1 aromatic heterocycles. The summed E-state index contributed by atoms with van der Waals surface area (Å²) in [7, 11) is 1.53. The Kier molecular flexibility index (Phi) is 7.60. The number of hydrogen-bond acceptors (Lipinski definition) is 5. The molecule has 0 aliphatic carbocycles. The molecule has 0 unspecified atom stereocenters. The standard InChI is InChI=1S/C20H28N2O3S/c1-14(2)17-8-6-7-9-18(17)25-11-19-21-16(13-26-19)10-22(15(3)4)20(23)12-24-5/h6-9,13-15H,10-12H2,1-5H3. The third-order valence-electron chi connectivity index (χ3n) is 4.04. The number of aromatic nitrogens is 1. The van der Waals surface area contributed by atoms with Crippen molar-refractivity contribution in [2.24, 2.45) is 0 Å². The molecule has 1 amide bonds. The molecule has 1 heterocycles. The molecule has 0 N–H and O–H groups in total. The predicted molar refractivity (Wildman–Crippen MR) is 105 cm³/mol. The fourth-order valence-corrected chi connectivity index (χ4v) is 3.35. The Hall–Kier alpha value is -1.92. The highest BCUT2D eigenvalue weighted by Gasteiger charge is 2.18. The number of amides is 1. The summed E-state index contributed by atoms with van der Waals surface area (Å²) in [5.74, 6) is 1.28. The van der Waals surface area contributed by atoms with Gasteiger partial charge in [-0.25, -0.2) is 4.98 Å². The van der Waals surface area contributed by atoms with Gasteiger partial charge in [0, 0.05) is 18.5 Å². The maximum Gasteiger partial charge on any atom is 0.249 e. The first-order valence-corrected chi connectivity index (χ1v) is 9.73. The zero-order chi connectivity index (χ0) is 19.1. The molecule has 142 valence electrons. The van der Waals surface area contributed by atoms with Crippen LogP contribution < -0.4 is 4.74 Å². The minimum atomic E-state index is -0.0286. The summed E-state index contributed by atoms with van der Waals surface area (Å²) in [6.45, 7) is 9.30. The Morgan fingerprint density at radius 2 is 1.96 bits per heavy atom. The summed E-state index contributed by atoms with van der Waals surface area (Å²) in [5.41, 5.74) is 2.07. The van der Waals surface area contributed by atoms with Gasteiger partial charge in [-0.2, -0.15) is 0 Å². The third kappa shape index (κ3) is 5.54. The number of nitrogens with zero attached hydrogens (tertiary/aromatic N) is 2. The van der Waals surface area contributed by atoms with Crippen LogP contribution in [0.25, 0.3) is 0 Å². The van der Waals surface area contributed by atoms with Gasteiger partial charge in [-0.05, 0) is 31.4 Å². The lowest BCUT2D eigenvalue weighted by molar-refractivity contribution is -0.137. The maximum absolute atomic E-state index is 12.2. The number of benzene rings is 1. The van der Waals surface area contributed by atoms with E-state index in [4.69, 9.17) is 9.47 Å². The van der Waals surface area contributed by atoms with Crippen LogP contribution >= 0.6 is 11.3 Å². The number of hydrogen-bond donors (Lipinski definition) is 0. The minimum absolute atomic E-state index is 0.0286. The van der Waals surface area contributed by atoms with Gasteiger partial charge >= 0.3 is 0 Å². The van der Waals surface area contributed by atoms with Gasteiger partial charge in [0.05, 0.1) is 12.2 Å². The Balaban J connectivity index is 2.00. The zero-order valence-electron chi connectivity index (χ0n) is 16.2. The van der Waals surface area contributed by atoms with Crippen LogP contribution in [0, 0.1) is 0 Å². The van der Waals surface area contributed by atoms with Crippen molar-refractivity contribution >= 4 is 17.2 Å². The second-order valence-corrected chi connectivity index (χ2v) is 7.70. The van der Waals surface area contributed by atoms with Crippen molar-refractivity contribution in [2.75, 3.05) is 13.7 Å². The van der Waals surface area contributed by atoms with E-state index in [0.717, 1.165) is 16.5 Å². The monoisotopic (exact) mass is 376 g/mol. The van der Waals surface area contributed by atoms with Crippen LogP contribution in [-0.4, -0.2) is 35.5 Å². The quantitative estimate of drug-likeness (QED) is 0.657. The number of carbonyl (C=O) groups is 1. The Morgan fingerprint density at radius 3 is 2.62 bits per heavy atom. The Bertz CT molecular complexity index is 713. The maximum atomic E-state index is 12.2. The van der Waals surface area contributed by atoms with Crippen LogP contribution in [0.4, 0.5) is 0 Å². The smallest absolute Gasteiger partial charge is 0.249 e. The Labute approximate surface area is 160 Å². The first-order valence-electron chi connectivity index (χ1n) is 8.85. The van der Waals surface area contributed by atoms with E-state index in [0.29, 0.717) is 19.1 Å². The molecule has 0 saturated carbocycles. The molecule has 5 nitrogen and oxygen atoms in total. The molecule has 26 heavy (non-hydrogen) atoms. The average Bonchev–Trinajstić information content (AvgIpc) is 3.05. The van der Waals surface area contributed by atoms with E-state index >= 15 is 0 Å². The summed E-state index contributed by atoms with van der Waals surface area (Å²) in [4.78, 5) is 18.6. The molecule has 0 aliphatic rings. The molecule has 6 heteroatoms. The molecular formula is C20H28N2O3S. The number of rotatable bonds is 9. The molecule has 0 fully saturated rings. The minimum Gasteiger partial charge on any atom is -0.486 e. The van der Waals surface area contributed by atoms with Crippen molar-refractivity contribution < 1.29 is 14.3 Å². The van der Waals surface area contributed by atoms with Gasteiger partial charge in [-0.15, -0.1) is 11.3 Å². The van der Waals surface area contributed by atoms with E-state index in [1.807, 2.05) is 37.4 Å². The van der Waals surface area contributed by atoms with Gasteiger partial charge in [0.15, 0.2) is 0 Å². The van der Waals surface area contributed by atoms with Crippen LogP contribution in [0.2, 0.25) is 0 Å². The fourth-order valence-electron chi connectivity index (χ4n) is 2.66. The highest BCUT2D eigenvalue weighted by Crippen LogP contribution is 2.27. The van der Waals surface area contributed by atoms with Crippen molar-refractivity contribution in [2.45, 2.75) is 52.8 Å². The number of methoxy groups -OCH3 is 1. The van der Waals surface area contributed by atoms with Crippen LogP contribution in [0.5, 0.6) is 5.75 Å². The number of ether oxygens (including phenoxy) is 2. The van der Waals surface area contributed by atoms with Gasteiger partial charge in [0.2, 0.25) is 5.91 Å². The van der Waals surface area contributed by atoms with E-state index in [-0.39, 0.29) is 18.6 Å². The summed E-state index contributed by atoms with van der Waals surface area (Å²) in [6.07, 6.45) is 0. The normalized spacial score (nSPS) is 11.2. The topological polar surface area (TPSA) is 51.7 Å². The molecule has 0 radical (unpaired) electrons. The van der Waals surface area contributed by atoms with Crippen LogP contribution in [0.15, 0.2) is 29.6 Å². The fraction of sp³-hybridized carbons (Fsp3) is 0.500. The number of carbonyl (C=O) groups excluding carboxylic acids is 1. The lowest BCUT2D eigenvalue weighted by Gasteiger charge is -2.25. The lowest BCUT2D eigenvalue weighted by atomic mass is 10.0. The van der Waals surface area contributed by atoms with E-state index in [9.17, 15) is 4.79 Å². The average molecular weight is 377 g/mol. The predicted octanol–water partition coefficient (Wildman–Crippen LogP) is 4.23. The van der Waals surface area contributed by atoms with Crippen LogP contribution in [-0.2, 0) is 22.7 Å². The second-order valence-electron chi connectivity index (χ2n) is 6.76. The SMILES string of the molecule is COCC(=O)N(Cc1csc(COc2ccccc2C(C)C)n1)C(C)C. The lowest BCUT2D eigenvalue weighted by Crippen LogP contribution is -2.38. The largest absolute Gasteiger partial charge is 0.486 e. The van der Waals surface area contributed by atoms with Gasteiger partial charge in [-0.3, -0.25) is 4.79 Å². The molecule has 1 aromatic carbocycles. The van der Waals surface area contributed by atoms with Crippen molar-refractivity contribution in [3.05, 3.63) is 45.9 Å². The molecule has 0 atom stereocenters. The van der Waals surface area contributed by atoms with Crippen molar-refractivity contribution in [1.29, 1.82) is 0 Å².